The molecule has 0 saturated heterocycles. The molecule has 0 amide bonds. The van der Waals surface area contributed by atoms with Gasteiger partial charge in [0.1, 0.15) is 0 Å². The molecule has 0 spiro atoms. The first kappa shape index (κ1) is 13.7. The van der Waals surface area contributed by atoms with Gasteiger partial charge in [-0.25, -0.2) is 0 Å². The Kier molecular flexibility index (Phi) is 3.95. The van der Waals surface area contributed by atoms with Crippen LogP contribution >= 0.6 is 15.9 Å². The second kappa shape index (κ2) is 5.48. The molecule has 0 aliphatic heterocycles. The van der Waals surface area contributed by atoms with E-state index >= 15 is 0 Å². The highest BCUT2D eigenvalue weighted by Gasteiger charge is 2.18. The fraction of sp³-hybridized carbons (Fsp3) is 0.214. The predicted octanol–water partition coefficient (Wildman–Crippen LogP) is 2.95. The van der Waals surface area contributed by atoms with Gasteiger partial charge < -0.3 is 0 Å². The lowest BCUT2D eigenvalue weighted by atomic mass is 10.0. The molecule has 4 nitrogen and oxygen atoms in total. The van der Waals surface area contributed by atoms with E-state index in [0.29, 0.717) is 21.3 Å². The Balaban J connectivity index is 2.18. The Labute approximate surface area is 119 Å². The molecular weight excluding hydrogens is 308 g/mol. The second-order valence-electron chi connectivity index (χ2n) is 4.30. The third-order valence-electron chi connectivity index (χ3n) is 2.81. The number of benzene rings is 1. The molecule has 19 heavy (non-hydrogen) atoms. The highest BCUT2D eigenvalue weighted by atomic mass is 79.9. The molecule has 0 radical (unpaired) electrons. The van der Waals surface area contributed by atoms with Crippen LogP contribution < -0.4 is 0 Å². The van der Waals surface area contributed by atoms with Gasteiger partial charge in [0.2, 0.25) is 0 Å². The molecule has 1 aromatic heterocycles. The summed E-state index contributed by atoms with van der Waals surface area (Å²) in [7, 11) is 1.75. The summed E-state index contributed by atoms with van der Waals surface area (Å²) in [6.45, 7) is 1.76. The van der Waals surface area contributed by atoms with Gasteiger partial charge in [-0.2, -0.15) is 5.10 Å². The summed E-state index contributed by atoms with van der Waals surface area (Å²) >= 11 is 3.31. The third kappa shape index (κ3) is 2.98. The first-order valence-electron chi connectivity index (χ1n) is 5.80. The molecule has 0 atom stereocenters. The average Bonchev–Trinajstić information content (AvgIpc) is 2.69. The van der Waals surface area contributed by atoms with Crippen molar-refractivity contribution in [2.75, 3.05) is 0 Å². The number of rotatable bonds is 4. The molecule has 0 aliphatic carbocycles. The standard InChI is InChI=1S/C14H13BrN2O2/c1-9-11(8-17(2)16-9)14(19)7-13(18)10-5-3-4-6-12(10)15/h3-6,8H,7H2,1-2H3. The molecule has 1 heterocycles. The van der Waals surface area contributed by atoms with Crippen LogP contribution in [0.1, 0.15) is 32.8 Å². The first-order chi connectivity index (χ1) is 8.99. The Morgan fingerprint density at radius 1 is 1.21 bits per heavy atom. The number of hydrogen-bond donors (Lipinski definition) is 0. The minimum absolute atomic E-state index is 0.144. The van der Waals surface area contributed by atoms with E-state index in [1.807, 2.05) is 6.07 Å². The van der Waals surface area contributed by atoms with E-state index in [1.54, 1.807) is 43.0 Å². The summed E-state index contributed by atoms with van der Waals surface area (Å²) in [6.07, 6.45) is 1.50. The molecule has 2 aromatic rings. The van der Waals surface area contributed by atoms with E-state index in [0.717, 1.165) is 0 Å². The number of Topliss-reactive ketones (excluding diaryl/α,β-unsaturated/α-hetero) is 2. The van der Waals surface area contributed by atoms with Crippen molar-refractivity contribution in [2.24, 2.45) is 7.05 Å². The van der Waals surface area contributed by atoms with Gasteiger partial charge in [0, 0.05) is 23.3 Å². The van der Waals surface area contributed by atoms with E-state index in [-0.39, 0.29) is 18.0 Å². The highest BCUT2D eigenvalue weighted by molar-refractivity contribution is 9.10. The topological polar surface area (TPSA) is 52.0 Å². The lowest BCUT2D eigenvalue weighted by molar-refractivity contribution is 0.0893. The lowest BCUT2D eigenvalue weighted by Gasteiger charge is -2.02. The molecule has 2 rings (SSSR count). The van der Waals surface area contributed by atoms with Crippen molar-refractivity contribution in [3.63, 3.8) is 0 Å². The van der Waals surface area contributed by atoms with Crippen LogP contribution in [0.4, 0.5) is 0 Å². The average molecular weight is 321 g/mol. The van der Waals surface area contributed by atoms with Crippen LogP contribution in [0, 0.1) is 6.92 Å². The fourth-order valence-corrected chi connectivity index (χ4v) is 2.40. The normalized spacial score (nSPS) is 10.5. The number of carbonyl (C=O) groups excluding carboxylic acids is 2. The lowest BCUT2D eigenvalue weighted by Crippen LogP contribution is -2.09. The molecule has 0 bridgehead atoms. The van der Waals surface area contributed by atoms with Gasteiger partial charge in [-0.05, 0) is 13.0 Å². The zero-order chi connectivity index (χ0) is 14.0. The number of ketones is 2. The molecule has 0 unspecified atom stereocenters. The summed E-state index contributed by atoms with van der Waals surface area (Å²) < 4.78 is 2.28. The van der Waals surface area contributed by atoms with Crippen LogP contribution in [0.3, 0.4) is 0 Å². The molecule has 5 heteroatoms. The van der Waals surface area contributed by atoms with Crippen molar-refractivity contribution in [1.29, 1.82) is 0 Å². The van der Waals surface area contributed by atoms with Crippen molar-refractivity contribution in [3.8, 4) is 0 Å². The maximum Gasteiger partial charge on any atom is 0.174 e. The van der Waals surface area contributed by atoms with E-state index in [9.17, 15) is 9.59 Å². The molecule has 0 aliphatic rings. The summed E-state index contributed by atoms with van der Waals surface area (Å²) in [5.74, 6) is -0.396. The van der Waals surface area contributed by atoms with Crippen LogP contribution in [-0.4, -0.2) is 21.3 Å². The van der Waals surface area contributed by atoms with Crippen LogP contribution in [0.15, 0.2) is 34.9 Å². The van der Waals surface area contributed by atoms with Crippen molar-refractivity contribution < 1.29 is 9.59 Å². The van der Waals surface area contributed by atoms with Gasteiger partial charge in [0.25, 0.3) is 0 Å². The fourth-order valence-electron chi connectivity index (χ4n) is 1.90. The Morgan fingerprint density at radius 3 is 2.42 bits per heavy atom. The summed E-state index contributed by atoms with van der Waals surface area (Å²) in [6, 6.07) is 7.09. The Bertz CT molecular complexity index is 647. The van der Waals surface area contributed by atoms with E-state index in [1.165, 1.54) is 0 Å². The molecular formula is C14H13BrN2O2. The molecule has 1 aromatic carbocycles. The summed E-state index contributed by atoms with van der Waals surface area (Å²) in [5, 5.41) is 4.10. The Morgan fingerprint density at radius 2 is 1.84 bits per heavy atom. The molecule has 0 N–H and O–H groups in total. The summed E-state index contributed by atoms with van der Waals surface area (Å²) in [5.41, 5.74) is 1.67. The number of aryl methyl sites for hydroxylation is 2. The first-order valence-corrected chi connectivity index (χ1v) is 6.59. The van der Waals surface area contributed by atoms with E-state index in [2.05, 4.69) is 21.0 Å². The Hall–Kier alpha value is -1.75. The zero-order valence-corrected chi connectivity index (χ0v) is 12.3. The SMILES string of the molecule is Cc1nn(C)cc1C(=O)CC(=O)c1ccccc1Br. The van der Waals surface area contributed by atoms with Gasteiger partial charge in [-0.15, -0.1) is 0 Å². The second-order valence-corrected chi connectivity index (χ2v) is 5.16. The number of nitrogens with zero attached hydrogens (tertiary/aromatic N) is 2. The quantitative estimate of drug-likeness (QED) is 0.643. The zero-order valence-electron chi connectivity index (χ0n) is 10.7. The molecule has 0 saturated carbocycles. The third-order valence-corrected chi connectivity index (χ3v) is 3.50. The van der Waals surface area contributed by atoms with Crippen LogP contribution in [0.25, 0.3) is 0 Å². The maximum absolute atomic E-state index is 12.1. The van der Waals surface area contributed by atoms with E-state index in [4.69, 9.17) is 0 Å². The van der Waals surface area contributed by atoms with Crippen molar-refractivity contribution in [1.82, 2.24) is 9.78 Å². The van der Waals surface area contributed by atoms with Crippen molar-refractivity contribution in [2.45, 2.75) is 13.3 Å². The van der Waals surface area contributed by atoms with Crippen molar-refractivity contribution in [3.05, 3.63) is 51.8 Å². The van der Waals surface area contributed by atoms with Gasteiger partial charge >= 0.3 is 0 Å². The summed E-state index contributed by atoms with van der Waals surface area (Å²) in [4.78, 5) is 24.2. The minimum Gasteiger partial charge on any atom is -0.294 e. The van der Waals surface area contributed by atoms with Gasteiger partial charge in [-0.1, -0.05) is 34.1 Å². The van der Waals surface area contributed by atoms with Crippen LogP contribution in [0.2, 0.25) is 0 Å². The van der Waals surface area contributed by atoms with Gasteiger partial charge in [0.05, 0.1) is 17.7 Å². The highest BCUT2D eigenvalue weighted by Crippen LogP contribution is 2.19. The van der Waals surface area contributed by atoms with Gasteiger partial charge in [-0.3, -0.25) is 14.3 Å². The monoisotopic (exact) mass is 320 g/mol. The van der Waals surface area contributed by atoms with Gasteiger partial charge in [0.15, 0.2) is 11.6 Å². The number of halogens is 1. The molecule has 98 valence electrons. The largest absolute Gasteiger partial charge is 0.294 e. The smallest absolute Gasteiger partial charge is 0.174 e. The van der Waals surface area contributed by atoms with Crippen molar-refractivity contribution >= 4 is 27.5 Å². The van der Waals surface area contributed by atoms with E-state index < -0.39 is 0 Å². The number of aromatic nitrogens is 2. The predicted molar refractivity (Wildman–Crippen MR) is 75.4 cm³/mol. The maximum atomic E-state index is 12.1. The van der Waals surface area contributed by atoms with Crippen LogP contribution in [-0.2, 0) is 7.05 Å². The number of carbonyl (C=O) groups is 2. The minimum atomic E-state index is -0.202. The number of hydrogen-bond acceptors (Lipinski definition) is 3. The van der Waals surface area contributed by atoms with Crippen LogP contribution in [0.5, 0.6) is 0 Å². The molecule has 0 fully saturated rings.